The van der Waals surface area contributed by atoms with Crippen molar-refractivity contribution < 1.29 is 27.2 Å². The van der Waals surface area contributed by atoms with Crippen molar-refractivity contribution >= 4 is 22.1 Å². The lowest BCUT2D eigenvalue weighted by molar-refractivity contribution is 0.0207. The number of ether oxygens (including phenoxy) is 2. The molecule has 1 aliphatic heterocycles. The number of carbonyl (C=O) groups excluding carboxylic acids is 1. The highest BCUT2D eigenvalue weighted by atomic mass is 32.2. The highest BCUT2D eigenvalue weighted by Gasteiger charge is 2.34. The van der Waals surface area contributed by atoms with Crippen LogP contribution < -0.4 is 9.04 Å². The third kappa shape index (κ3) is 7.00. The number of carbonyl (C=O) groups is 1. The molecule has 9 heteroatoms. The molecule has 1 aliphatic carbocycles. The van der Waals surface area contributed by atoms with Gasteiger partial charge >= 0.3 is 16.4 Å². The fourth-order valence-corrected chi connectivity index (χ4v) is 5.37. The van der Waals surface area contributed by atoms with Crippen LogP contribution >= 0.6 is 0 Å². The molecule has 0 radical (unpaired) electrons. The van der Waals surface area contributed by atoms with Gasteiger partial charge in [-0.2, -0.15) is 8.42 Å². The van der Waals surface area contributed by atoms with E-state index in [1.165, 1.54) is 32.1 Å². The van der Waals surface area contributed by atoms with Gasteiger partial charge in [0.05, 0.1) is 18.3 Å². The van der Waals surface area contributed by atoms with E-state index in [-0.39, 0.29) is 0 Å². The predicted molar refractivity (Wildman–Crippen MR) is 123 cm³/mol. The maximum absolute atomic E-state index is 12.3. The first-order valence-corrected chi connectivity index (χ1v) is 12.9. The van der Waals surface area contributed by atoms with E-state index in [2.05, 4.69) is 0 Å². The maximum Gasteiger partial charge on any atom is 0.410 e. The lowest BCUT2D eigenvalue weighted by Gasteiger charge is -2.38. The fraction of sp³-hybridized carbons (Fsp3) is 0.696. The number of benzene rings is 1. The second kappa shape index (κ2) is 10.3. The molecular formula is C23H36N2O6S. The van der Waals surface area contributed by atoms with E-state index in [0.717, 1.165) is 4.31 Å². The minimum absolute atomic E-state index is 0.355. The van der Waals surface area contributed by atoms with Crippen molar-refractivity contribution in [3.63, 3.8) is 0 Å². The third-order valence-electron chi connectivity index (χ3n) is 6.00. The van der Waals surface area contributed by atoms with E-state index in [4.69, 9.17) is 9.47 Å². The zero-order valence-corrected chi connectivity index (χ0v) is 20.1. The van der Waals surface area contributed by atoms with Crippen LogP contribution in [0.5, 0.6) is 5.75 Å². The Balaban J connectivity index is 1.61. The molecule has 0 unspecified atom stereocenters. The molecule has 0 aromatic heterocycles. The van der Waals surface area contributed by atoms with Crippen LogP contribution in [-0.2, 0) is 15.0 Å². The van der Waals surface area contributed by atoms with Crippen LogP contribution in [0, 0.1) is 5.92 Å². The normalized spacial score (nSPS) is 18.9. The van der Waals surface area contributed by atoms with Gasteiger partial charge < -0.3 is 14.4 Å². The van der Waals surface area contributed by atoms with Gasteiger partial charge in [-0.3, -0.25) is 4.55 Å². The lowest BCUT2D eigenvalue weighted by Crippen LogP contribution is -2.49. The average molecular weight is 469 g/mol. The van der Waals surface area contributed by atoms with E-state index in [1.807, 2.05) is 0 Å². The summed E-state index contributed by atoms with van der Waals surface area (Å²) >= 11 is 0. The first-order chi connectivity index (χ1) is 15.0. The second-order valence-electron chi connectivity index (χ2n) is 9.78. The number of hydrogen-bond acceptors (Lipinski definition) is 5. The maximum atomic E-state index is 12.3. The van der Waals surface area contributed by atoms with E-state index in [1.54, 1.807) is 49.9 Å². The Bertz CT molecular complexity index is 851. The summed E-state index contributed by atoms with van der Waals surface area (Å²) in [5.74, 6) is 1.27. The highest BCUT2D eigenvalue weighted by Crippen LogP contribution is 2.29. The van der Waals surface area contributed by atoms with Gasteiger partial charge in [0.15, 0.2) is 0 Å². The average Bonchev–Trinajstić information content (AvgIpc) is 2.72. The van der Waals surface area contributed by atoms with Crippen molar-refractivity contribution in [2.45, 2.75) is 77.4 Å². The molecule has 2 aliphatic rings. The minimum atomic E-state index is -4.47. The molecule has 0 spiro atoms. The van der Waals surface area contributed by atoms with Crippen molar-refractivity contribution in [2.75, 3.05) is 24.0 Å². The van der Waals surface area contributed by atoms with E-state index in [9.17, 15) is 17.8 Å². The van der Waals surface area contributed by atoms with Gasteiger partial charge in [0.25, 0.3) is 0 Å². The molecule has 180 valence electrons. The van der Waals surface area contributed by atoms with Crippen LogP contribution in [0.1, 0.15) is 65.7 Å². The van der Waals surface area contributed by atoms with Gasteiger partial charge in [-0.15, -0.1) is 0 Å². The first-order valence-electron chi connectivity index (χ1n) is 11.5. The van der Waals surface area contributed by atoms with E-state index in [0.29, 0.717) is 49.9 Å². The molecule has 2 fully saturated rings. The Labute approximate surface area is 191 Å². The van der Waals surface area contributed by atoms with Crippen molar-refractivity contribution in [2.24, 2.45) is 5.92 Å². The van der Waals surface area contributed by atoms with Crippen LogP contribution in [0.2, 0.25) is 0 Å². The molecule has 0 bridgehead atoms. The number of likely N-dealkylation sites (tertiary alicyclic amines) is 1. The molecule has 1 amide bonds. The number of anilines is 1. The summed E-state index contributed by atoms with van der Waals surface area (Å²) in [6.45, 7) is 6.80. The van der Waals surface area contributed by atoms with Gasteiger partial charge in [0.1, 0.15) is 11.4 Å². The fourth-order valence-electron chi connectivity index (χ4n) is 4.40. The molecule has 1 aromatic carbocycles. The number of amides is 1. The van der Waals surface area contributed by atoms with Crippen LogP contribution in [0.3, 0.4) is 0 Å². The molecule has 1 aromatic rings. The summed E-state index contributed by atoms with van der Waals surface area (Å²) in [7, 11) is -4.47. The minimum Gasteiger partial charge on any atom is -0.493 e. The summed E-state index contributed by atoms with van der Waals surface area (Å²) in [4.78, 5) is 13.9. The van der Waals surface area contributed by atoms with Crippen molar-refractivity contribution in [1.82, 2.24) is 4.90 Å². The molecule has 3 rings (SSSR count). The van der Waals surface area contributed by atoms with Gasteiger partial charge in [-0.1, -0.05) is 19.3 Å². The van der Waals surface area contributed by atoms with Gasteiger partial charge in [-0.25, -0.2) is 9.10 Å². The molecule has 1 N–H and O–H groups in total. The Morgan fingerprint density at radius 2 is 1.66 bits per heavy atom. The van der Waals surface area contributed by atoms with E-state index < -0.39 is 28.0 Å². The molecular weight excluding hydrogens is 432 g/mol. The van der Waals surface area contributed by atoms with Crippen molar-refractivity contribution in [3.05, 3.63) is 24.3 Å². The van der Waals surface area contributed by atoms with Crippen LogP contribution in [-0.4, -0.2) is 55.3 Å². The quantitative estimate of drug-likeness (QED) is 0.610. The molecule has 0 atom stereocenters. The van der Waals surface area contributed by atoms with Gasteiger partial charge in [0.2, 0.25) is 0 Å². The zero-order valence-electron chi connectivity index (χ0n) is 19.3. The van der Waals surface area contributed by atoms with Gasteiger partial charge in [0, 0.05) is 13.1 Å². The molecule has 1 heterocycles. The van der Waals surface area contributed by atoms with Crippen LogP contribution in [0.4, 0.5) is 10.5 Å². The SMILES string of the molecule is CC(C)(C)OC(=O)N1CCC(N(c2ccc(OCC3CCCCC3)cc2)S(=O)(=O)O)CC1. The Hall–Kier alpha value is -2.00. The standard InChI is InChI=1S/C23H36N2O6S/c1-23(2,3)31-22(26)24-15-13-20(14-16-24)25(32(27,28)29)19-9-11-21(12-10-19)30-17-18-7-5-4-6-8-18/h9-12,18,20H,4-8,13-17H2,1-3H3,(H,27,28,29). The van der Waals surface area contributed by atoms with Crippen LogP contribution in [0.15, 0.2) is 24.3 Å². The summed E-state index contributed by atoms with van der Waals surface area (Å²) in [5.41, 5.74) is -0.205. The third-order valence-corrected chi connectivity index (χ3v) is 7.00. The molecule has 1 saturated carbocycles. The first kappa shape index (κ1) is 24.6. The van der Waals surface area contributed by atoms with E-state index >= 15 is 0 Å². The predicted octanol–water partition coefficient (Wildman–Crippen LogP) is 4.65. The summed E-state index contributed by atoms with van der Waals surface area (Å²) in [6, 6.07) is 6.35. The smallest absolute Gasteiger partial charge is 0.410 e. The van der Waals surface area contributed by atoms with Crippen LogP contribution in [0.25, 0.3) is 0 Å². The molecule has 1 saturated heterocycles. The highest BCUT2D eigenvalue weighted by molar-refractivity contribution is 7.87. The summed E-state index contributed by atoms with van der Waals surface area (Å²) in [6.07, 6.45) is 6.58. The number of nitrogens with zero attached hydrogens (tertiary/aromatic N) is 2. The number of piperidine rings is 1. The summed E-state index contributed by atoms with van der Waals surface area (Å²) < 4.78 is 46.7. The topological polar surface area (TPSA) is 96.4 Å². The van der Waals surface area contributed by atoms with Gasteiger partial charge in [-0.05, 0) is 76.6 Å². The Morgan fingerprint density at radius 3 is 2.19 bits per heavy atom. The molecule has 8 nitrogen and oxygen atoms in total. The number of hydrogen-bond donors (Lipinski definition) is 1. The Morgan fingerprint density at radius 1 is 1.06 bits per heavy atom. The summed E-state index contributed by atoms with van der Waals surface area (Å²) in [5, 5.41) is 0. The zero-order chi connectivity index (χ0) is 23.4. The van der Waals surface area contributed by atoms with Crippen molar-refractivity contribution in [1.29, 1.82) is 0 Å². The largest absolute Gasteiger partial charge is 0.493 e. The number of rotatable bonds is 6. The molecule has 32 heavy (non-hydrogen) atoms. The Kier molecular flexibility index (Phi) is 7.92. The van der Waals surface area contributed by atoms with Crippen molar-refractivity contribution in [3.8, 4) is 5.75 Å². The monoisotopic (exact) mass is 468 g/mol. The lowest BCUT2D eigenvalue weighted by atomic mass is 9.90. The second-order valence-corrected chi connectivity index (χ2v) is 11.1.